The fourth-order valence-corrected chi connectivity index (χ4v) is 3.99. The van der Waals surface area contributed by atoms with Crippen molar-refractivity contribution in [3.8, 4) is 11.5 Å². The van der Waals surface area contributed by atoms with E-state index >= 15 is 0 Å². The average Bonchev–Trinajstić information content (AvgIpc) is 3.11. The number of nitrogens with two attached hydrogens (primary N) is 1. The third-order valence-electron chi connectivity index (χ3n) is 3.98. The van der Waals surface area contributed by atoms with Gasteiger partial charge in [0.05, 0.1) is 11.3 Å². The van der Waals surface area contributed by atoms with E-state index in [1.165, 1.54) is 25.7 Å². The molecule has 2 N–H and O–H groups in total. The second-order valence-corrected chi connectivity index (χ2v) is 7.06. The number of aryl methyl sites for hydroxylation is 2. The zero-order valence-electron chi connectivity index (χ0n) is 12.6. The fourth-order valence-electron chi connectivity index (χ4n) is 2.83. The van der Waals surface area contributed by atoms with E-state index in [2.05, 4.69) is 16.2 Å². The van der Waals surface area contributed by atoms with Gasteiger partial charge in [0.15, 0.2) is 5.82 Å². The van der Waals surface area contributed by atoms with Crippen molar-refractivity contribution in [2.24, 2.45) is 0 Å². The molecule has 1 aliphatic carbocycles. The Morgan fingerprint density at radius 1 is 1.29 bits per heavy atom. The number of nitrogen functional groups attached to an aromatic ring is 1. The minimum absolute atomic E-state index is 0.529. The molecule has 3 rings (SSSR count). The van der Waals surface area contributed by atoms with Crippen molar-refractivity contribution >= 4 is 17.4 Å². The van der Waals surface area contributed by atoms with E-state index in [4.69, 9.17) is 10.3 Å². The molecular formula is C16H21N3OS. The van der Waals surface area contributed by atoms with Crippen molar-refractivity contribution < 1.29 is 4.52 Å². The maximum absolute atomic E-state index is 6.13. The largest absolute Gasteiger partial charge is 0.398 e. The summed E-state index contributed by atoms with van der Waals surface area (Å²) in [6.45, 7) is 4.04. The zero-order valence-corrected chi connectivity index (χ0v) is 13.4. The first-order valence-corrected chi connectivity index (χ1v) is 8.49. The van der Waals surface area contributed by atoms with Crippen LogP contribution in [0, 0.1) is 13.8 Å². The molecule has 0 saturated heterocycles. The summed E-state index contributed by atoms with van der Waals surface area (Å²) in [5, 5.41) is 4.85. The van der Waals surface area contributed by atoms with Crippen molar-refractivity contribution in [3.05, 3.63) is 29.1 Å². The molecule has 1 aliphatic rings. The van der Waals surface area contributed by atoms with Crippen molar-refractivity contribution in [2.75, 3.05) is 5.73 Å². The van der Waals surface area contributed by atoms with Gasteiger partial charge < -0.3 is 10.3 Å². The number of rotatable bonds is 4. The number of nitrogens with zero attached hydrogens (tertiary/aromatic N) is 2. The second kappa shape index (κ2) is 6.10. The molecule has 0 amide bonds. The Hall–Kier alpha value is -1.49. The van der Waals surface area contributed by atoms with Crippen molar-refractivity contribution in [3.63, 3.8) is 0 Å². The van der Waals surface area contributed by atoms with Gasteiger partial charge in [0, 0.05) is 10.9 Å². The van der Waals surface area contributed by atoms with Gasteiger partial charge >= 0.3 is 0 Å². The van der Waals surface area contributed by atoms with Crippen LogP contribution in [0.3, 0.4) is 0 Å². The highest BCUT2D eigenvalue weighted by Crippen LogP contribution is 2.32. The van der Waals surface area contributed by atoms with Crippen LogP contribution >= 0.6 is 11.8 Å². The van der Waals surface area contributed by atoms with Crippen molar-refractivity contribution in [2.45, 2.75) is 50.5 Å². The summed E-state index contributed by atoms with van der Waals surface area (Å²) in [4.78, 5) is 4.51. The van der Waals surface area contributed by atoms with E-state index in [9.17, 15) is 0 Å². The predicted molar refractivity (Wildman–Crippen MR) is 87.2 cm³/mol. The summed E-state index contributed by atoms with van der Waals surface area (Å²) < 4.78 is 5.40. The topological polar surface area (TPSA) is 64.9 Å². The van der Waals surface area contributed by atoms with E-state index in [1.54, 1.807) is 0 Å². The third-order valence-corrected chi connectivity index (χ3v) is 5.35. The van der Waals surface area contributed by atoms with Gasteiger partial charge in [0.2, 0.25) is 0 Å². The van der Waals surface area contributed by atoms with Crippen LogP contribution in [0.4, 0.5) is 5.69 Å². The number of anilines is 1. The number of hydrogen-bond acceptors (Lipinski definition) is 5. The molecule has 0 aliphatic heterocycles. The van der Waals surface area contributed by atoms with Crippen LogP contribution in [0.5, 0.6) is 0 Å². The fraction of sp³-hybridized carbons (Fsp3) is 0.500. The lowest BCUT2D eigenvalue weighted by Gasteiger charge is -2.06. The first-order chi connectivity index (χ1) is 10.1. The molecule has 0 bridgehead atoms. The van der Waals surface area contributed by atoms with E-state index in [-0.39, 0.29) is 0 Å². The molecule has 1 heterocycles. The smallest absolute Gasteiger partial charge is 0.260 e. The maximum atomic E-state index is 6.13. The van der Waals surface area contributed by atoms with Crippen LogP contribution in [0.1, 0.15) is 42.6 Å². The third kappa shape index (κ3) is 3.23. The van der Waals surface area contributed by atoms with Gasteiger partial charge in [0.1, 0.15) is 0 Å². The summed E-state index contributed by atoms with van der Waals surface area (Å²) >= 11 is 1.94. The first kappa shape index (κ1) is 14.4. The molecule has 1 fully saturated rings. The number of aromatic nitrogens is 2. The number of thioether (sulfide) groups is 1. The van der Waals surface area contributed by atoms with Gasteiger partial charge in [0.25, 0.3) is 5.89 Å². The highest BCUT2D eigenvalue weighted by Gasteiger charge is 2.18. The Balaban J connectivity index is 1.75. The summed E-state index contributed by atoms with van der Waals surface area (Å²) in [7, 11) is 0. The van der Waals surface area contributed by atoms with Crippen LogP contribution in [-0.2, 0) is 5.75 Å². The van der Waals surface area contributed by atoms with Gasteiger partial charge in [-0.3, -0.25) is 0 Å². The van der Waals surface area contributed by atoms with Crippen LogP contribution < -0.4 is 5.73 Å². The standard InChI is InChI=1S/C16H21N3OS/c1-10-7-11(2)15(17)13(8-10)16-18-14(19-20-16)9-21-12-5-3-4-6-12/h7-8,12H,3-6,9,17H2,1-2H3. The Labute approximate surface area is 129 Å². The molecule has 21 heavy (non-hydrogen) atoms. The van der Waals surface area contributed by atoms with Gasteiger partial charge in [-0.25, -0.2) is 0 Å². The average molecular weight is 303 g/mol. The second-order valence-electron chi connectivity index (χ2n) is 5.78. The lowest BCUT2D eigenvalue weighted by atomic mass is 10.0. The molecule has 2 aromatic rings. The van der Waals surface area contributed by atoms with Gasteiger partial charge in [-0.15, -0.1) is 0 Å². The van der Waals surface area contributed by atoms with E-state index in [0.717, 1.165) is 39.2 Å². The quantitative estimate of drug-likeness (QED) is 0.861. The minimum atomic E-state index is 0.529. The van der Waals surface area contributed by atoms with Gasteiger partial charge in [-0.2, -0.15) is 16.7 Å². The lowest BCUT2D eigenvalue weighted by Crippen LogP contribution is -1.97. The first-order valence-electron chi connectivity index (χ1n) is 7.45. The maximum Gasteiger partial charge on any atom is 0.260 e. The van der Waals surface area contributed by atoms with Crippen molar-refractivity contribution in [1.29, 1.82) is 0 Å². The van der Waals surface area contributed by atoms with Gasteiger partial charge in [-0.1, -0.05) is 24.1 Å². The Morgan fingerprint density at radius 3 is 2.81 bits per heavy atom. The summed E-state index contributed by atoms with van der Waals surface area (Å²) in [5.74, 6) is 2.11. The van der Waals surface area contributed by atoms with Crippen LogP contribution in [0.15, 0.2) is 16.7 Å². The van der Waals surface area contributed by atoms with E-state index in [1.807, 2.05) is 31.7 Å². The highest BCUT2D eigenvalue weighted by atomic mass is 32.2. The lowest BCUT2D eigenvalue weighted by molar-refractivity contribution is 0.425. The summed E-state index contributed by atoms with van der Waals surface area (Å²) in [5.41, 5.74) is 9.90. The van der Waals surface area contributed by atoms with Crippen molar-refractivity contribution in [1.82, 2.24) is 10.1 Å². The molecule has 4 nitrogen and oxygen atoms in total. The predicted octanol–water partition coefficient (Wildman–Crippen LogP) is 4.11. The van der Waals surface area contributed by atoms with E-state index < -0.39 is 0 Å². The Bertz CT molecular complexity index is 632. The molecule has 0 atom stereocenters. The molecule has 0 spiro atoms. The normalized spacial score (nSPS) is 15.7. The number of hydrogen-bond donors (Lipinski definition) is 1. The zero-order chi connectivity index (χ0) is 14.8. The molecule has 0 unspecified atom stereocenters. The van der Waals surface area contributed by atoms with Crippen LogP contribution in [-0.4, -0.2) is 15.4 Å². The molecule has 1 aromatic carbocycles. The summed E-state index contributed by atoms with van der Waals surface area (Å²) in [6.07, 6.45) is 5.35. The summed E-state index contributed by atoms with van der Waals surface area (Å²) in [6, 6.07) is 4.07. The molecule has 5 heteroatoms. The molecule has 0 radical (unpaired) electrons. The SMILES string of the molecule is Cc1cc(C)c(N)c(-c2nc(CSC3CCCC3)no2)c1. The monoisotopic (exact) mass is 303 g/mol. The Kier molecular flexibility index (Phi) is 4.19. The molecule has 112 valence electrons. The van der Waals surface area contributed by atoms with Crippen LogP contribution in [0.25, 0.3) is 11.5 Å². The van der Waals surface area contributed by atoms with Gasteiger partial charge in [-0.05, 0) is 43.9 Å². The number of benzene rings is 1. The minimum Gasteiger partial charge on any atom is -0.398 e. The highest BCUT2D eigenvalue weighted by molar-refractivity contribution is 7.99. The molecule has 1 aromatic heterocycles. The van der Waals surface area contributed by atoms with E-state index in [0.29, 0.717) is 5.89 Å². The molecule has 1 saturated carbocycles. The molecular weight excluding hydrogens is 282 g/mol. The van der Waals surface area contributed by atoms with Crippen LogP contribution in [0.2, 0.25) is 0 Å². The Morgan fingerprint density at radius 2 is 2.05 bits per heavy atom.